The highest BCUT2D eigenvalue weighted by molar-refractivity contribution is 5.85. The zero-order valence-electron chi connectivity index (χ0n) is 11.3. The van der Waals surface area contributed by atoms with Gasteiger partial charge in [-0.05, 0) is 25.2 Å². The molecule has 2 N–H and O–H groups in total. The fourth-order valence-corrected chi connectivity index (χ4v) is 2.45. The lowest BCUT2D eigenvalue weighted by molar-refractivity contribution is -0.135. The summed E-state index contributed by atoms with van der Waals surface area (Å²) in [7, 11) is 1.93. The Morgan fingerprint density at radius 2 is 2.12 bits per heavy atom. The molecule has 17 heavy (non-hydrogen) atoms. The lowest BCUT2D eigenvalue weighted by Gasteiger charge is -2.30. The minimum atomic E-state index is 0. The molecule has 0 aromatic heterocycles. The van der Waals surface area contributed by atoms with Crippen molar-refractivity contribution in [3.8, 4) is 0 Å². The van der Waals surface area contributed by atoms with Crippen LogP contribution in [0, 0.1) is 11.8 Å². The maximum atomic E-state index is 12.2. The Labute approximate surface area is 112 Å². The highest BCUT2D eigenvalue weighted by atomic mass is 35.5. The van der Waals surface area contributed by atoms with Gasteiger partial charge in [-0.2, -0.15) is 0 Å². The third-order valence-electron chi connectivity index (χ3n) is 3.72. The number of hydrogen-bond donors (Lipinski definition) is 1. The van der Waals surface area contributed by atoms with Gasteiger partial charge in [0.25, 0.3) is 0 Å². The summed E-state index contributed by atoms with van der Waals surface area (Å²) in [6, 6.07) is 0.236. The summed E-state index contributed by atoms with van der Waals surface area (Å²) in [6.07, 6.45) is 5.22. The van der Waals surface area contributed by atoms with Crippen LogP contribution in [0.4, 0.5) is 0 Å². The topological polar surface area (TPSA) is 46.3 Å². The molecule has 1 fully saturated rings. The Kier molecular flexibility index (Phi) is 7.80. The van der Waals surface area contributed by atoms with Crippen LogP contribution in [0.25, 0.3) is 0 Å². The Hall–Kier alpha value is -0.280. The number of amides is 1. The number of carbonyl (C=O) groups excluding carboxylic acids is 1. The van der Waals surface area contributed by atoms with Crippen molar-refractivity contribution in [1.29, 1.82) is 0 Å². The third-order valence-corrected chi connectivity index (χ3v) is 3.72. The lowest BCUT2D eigenvalue weighted by Crippen LogP contribution is -2.40. The SMILES string of the molecule is CCC(C)CN(C)C(=O)C1CCCC(N)C1.Cl. The smallest absolute Gasteiger partial charge is 0.225 e. The molecule has 102 valence electrons. The van der Waals surface area contributed by atoms with Crippen LogP contribution in [0.1, 0.15) is 46.0 Å². The van der Waals surface area contributed by atoms with Crippen molar-refractivity contribution in [3.63, 3.8) is 0 Å². The molecule has 0 aliphatic heterocycles. The van der Waals surface area contributed by atoms with Crippen molar-refractivity contribution in [2.24, 2.45) is 17.6 Å². The number of nitrogens with two attached hydrogens (primary N) is 1. The molecule has 0 saturated heterocycles. The summed E-state index contributed by atoms with van der Waals surface area (Å²) in [6.45, 7) is 5.23. The van der Waals surface area contributed by atoms with Crippen molar-refractivity contribution in [2.45, 2.75) is 52.0 Å². The molecule has 0 radical (unpaired) electrons. The minimum Gasteiger partial charge on any atom is -0.345 e. The number of carbonyl (C=O) groups is 1. The summed E-state index contributed by atoms with van der Waals surface area (Å²) >= 11 is 0. The third kappa shape index (κ3) is 5.26. The average Bonchev–Trinajstić information content (AvgIpc) is 2.27. The molecule has 0 aromatic carbocycles. The predicted molar refractivity (Wildman–Crippen MR) is 74.3 cm³/mol. The zero-order chi connectivity index (χ0) is 12.1. The van der Waals surface area contributed by atoms with E-state index in [1.54, 1.807) is 0 Å². The molecular weight excluding hydrogens is 236 g/mol. The van der Waals surface area contributed by atoms with Crippen molar-refractivity contribution in [3.05, 3.63) is 0 Å². The van der Waals surface area contributed by atoms with Gasteiger partial charge in [-0.15, -0.1) is 12.4 Å². The minimum absolute atomic E-state index is 0. The molecule has 0 bridgehead atoms. The van der Waals surface area contributed by atoms with Crippen LogP contribution in [0.2, 0.25) is 0 Å². The van der Waals surface area contributed by atoms with Gasteiger partial charge in [-0.25, -0.2) is 0 Å². The Bertz CT molecular complexity index is 235. The van der Waals surface area contributed by atoms with E-state index >= 15 is 0 Å². The second-order valence-corrected chi connectivity index (χ2v) is 5.36. The van der Waals surface area contributed by atoms with Gasteiger partial charge in [0.05, 0.1) is 0 Å². The van der Waals surface area contributed by atoms with E-state index in [4.69, 9.17) is 5.73 Å². The first-order valence-corrected chi connectivity index (χ1v) is 6.55. The van der Waals surface area contributed by atoms with Gasteiger partial charge in [0.2, 0.25) is 5.91 Å². The van der Waals surface area contributed by atoms with Crippen LogP contribution in [0.15, 0.2) is 0 Å². The van der Waals surface area contributed by atoms with Crippen molar-refractivity contribution >= 4 is 18.3 Å². The molecule has 0 heterocycles. The molecule has 3 unspecified atom stereocenters. The summed E-state index contributed by atoms with van der Waals surface area (Å²) in [5.74, 6) is 1.07. The van der Waals surface area contributed by atoms with Gasteiger partial charge >= 0.3 is 0 Å². The number of halogens is 1. The van der Waals surface area contributed by atoms with Gasteiger partial charge in [0.1, 0.15) is 0 Å². The van der Waals surface area contributed by atoms with Gasteiger partial charge in [0.15, 0.2) is 0 Å². The van der Waals surface area contributed by atoms with E-state index in [-0.39, 0.29) is 24.4 Å². The van der Waals surface area contributed by atoms with Crippen LogP contribution in [0.5, 0.6) is 0 Å². The van der Waals surface area contributed by atoms with Crippen LogP contribution < -0.4 is 5.73 Å². The zero-order valence-corrected chi connectivity index (χ0v) is 12.1. The van der Waals surface area contributed by atoms with Crippen molar-refractivity contribution in [2.75, 3.05) is 13.6 Å². The number of nitrogens with zero attached hydrogens (tertiary/aromatic N) is 1. The fourth-order valence-electron chi connectivity index (χ4n) is 2.45. The fraction of sp³-hybridized carbons (Fsp3) is 0.923. The molecule has 1 rings (SSSR count). The molecule has 0 spiro atoms. The molecule has 1 saturated carbocycles. The maximum Gasteiger partial charge on any atom is 0.225 e. The van der Waals surface area contributed by atoms with Crippen molar-refractivity contribution < 1.29 is 4.79 Å². The van der Waals surface area contributed by atoms with E-state index in [1.165, 1.54) is 0 Å². The quantitative estimate of drug-likeness (QED) is 0.846. The Balaban J connectivity index is 0.00000256. The van der Waals surface area contributed by atoms with E-state index in [2.05, 4.69) is 13.8 Å². The maximum absolute atomic E-state index is 12.2. The van der Waals surface area contributed by atoms with Crippen LogP contribution in [-0.4, -0.2) is 30.4 Å². The largest absolute Gasteiger partial charge is 0.345 e. The van der Waals surface area contributed by atoms with Crippen LogP contribution in [-0.2, 0) is 4.79 Å². The molecule has 0 aromatic rings. The average molecular weight is 263 g/mol. The second-order valence-electron chi connectivity index (χ2n) is 5.36. The molecule has 3 atom stereocenters. The van der Waals surface area contributed by atoms with Gasteiger partial charge in [0, 0.05) is 25.6 Å². The summed E-state index contributed by atoms with van der Waals surface area (Å²) < 4.78 is 0. The number of rotatable bonds is 4. The molecule has 1 amide bonds. The predicted octanol–water partition coefficient (Wildman–Crippen LogP) is 2.43. The van der Waals surface area contributed by atoms with Gasteiger partial charge in [-0.3, -0.25) is 4.79 Å². The van der Waals surface area contributed by atoms with E-state index in [9.17, 15) is 4.79 Å². The molecule has 1 aliphatic carbocycles. The normalized spacial score (nSPS) is 25.9. The van der Waals surface area contributed by atoms with E-state index in [1.807, 2.05) is 11.9 Å². The Morgan fingerprint density at radius 1 is 1.47 bits per heavy atom. The lowest BCUT2D eigenvalue weighted by atomic mass is 9.85. The standard InChI is InChI=1S/C13H26N2O.ClH/c1-4-10(2)9-15(3)13(16)11-6-5-7-12(14)8-11;/h10-12H,4-9,14H2,1-3H3;1H. The second kappa shape index (κ2) is 7.93. The number of hydrogen-bond acceptors (Lipinski definition) is 2. The van der Waals surface area contributed by atoms with Crippen LogP contribution >= 0.6 is 12.4 Å². The summed E-state index contributed by atoms with van der Waals surface area (Å²) in [4.78, 5) is 14.1. The van der Waals surface area contributed by atoms with E-state index in [0.29, 0.717) is 11.8 Å². The molecule has 3 nitrogen and oxygen atoms in total. The first kappa shape index (κ1) is 16.7. The van der Waals surface area contributed by atoms with Gasteiger partial charge in [-0.1, -0.05) is 26.7 Å². The summed E-state index contributed by atoms with van der Waals surface area (Å²) in [5, 5.41) is 0. The van der Waals surface area contributed by atoms with Crippen molar-refractivity contribution in [1.82, 2.24) is 4.90 Å². The Morgan fingerprint density at radius 3 is 2.65 bits per heavy atom. The molecule has 1 aliphatic rings. The highest BCUT2D eigenvalue weighted by Gasteiger charge is 2.27. The van der Waals surface area contributed by atoms with E-state index in [0.717, 1.165) is 38.6 Å². The first-order chi connectivity index (χ1) is 7.54. The van der Waals surface area contributed by atoms with Gasteiger partial charge < -0.3 is 10.6 Å². The highest BCUT2D eigenvalue weighted by Crippen LogP contribution is 2.24. The first-order valence-electron chi connectivity index (χ1n) is 6.55. The monoisotopic (exact) mass is 262 g/mol. The molecular formula is C13H27ClN2O. The summed E-state index contributed by atoms with van der Waals surface area (Å²) in [5.41, 5.74) is 5.92. The van der Waals surface area contributed by atoms with Crippen LogP contribution in [0.3, 0.4) is 0 Å². The molecule has 4 heteroatoms. The van der Waals surface area contributed by atoms with E-state index < -0.39 is 0 Å².